The highest BCUT2D eigenvalue weighted by atomic mass is 16.3. The van der Waals surface area contributed by atoms with E-state index in [1.807, 2.05) is 48.5 Å². The smallest absolute Gasteiger partial charge is 0.244 e. The van der Waals surface area contributed by atoms with Gasteiger partial charge in [0.25, 0.3) is 0 Å². The molecule has 1 atom stereocenters. The summed E-state index contributed by atoms with van der Waals surface area (Å²) in [6, 6.07) is 13.7. The lowest BCUT2D eigenvalue weighted by molar-refractivity contribution is -0.118. The molecule has 1 aliphatic rings. The van der Waals surface area contributed by atoms with Crippen molar-refractivity contribution in [3.05, 3.63) is 72.1 Å². The Kier molecular flexibility index (Phi) is 5.39. The SMILES string of the molecule is O=C(/C=C/c1ccccc1)N[C@@H](Cc1ccncc1)C1CC(O)C1. The Bertz CT molecular complexity index is 679. The van der Waals surface area contributed by atoms with Gasteiger partial charge in [0.05, 0.1) is 6.10 Å². The minimum absolute atomic E-state index is 0.0312. The molecule has 24 heavy (non-hydrogen) atoms. The number of nitrogens with one attached hydrogen (secondary N) is 1. The number of aliphatic hydroxyl groups is 1. The zero-order valence-electron chi connectivity index (χ0n) is 13.5. The third-order valence-corrected chi connectivity index (χ3v) is 4.48. The standard InChI is InChI=1S/C20H22N2O2/c23-18-13-17(14-18)19(12-16-8-10-21-11-9-16)22-20(24)7-6-15-4-2-1-3-5-15/h1-11,17-19,23H,12-14H2,(H,22,24)/b7-6+/t17?,18?,19-/m0/s1. The second-order valence-electron chi connectivity index (χ2n) is 6.30. The van der Waals surface area contributed by atoms with Crippen LogP contribution in [0.2, 0.25) is 0 Å². The topological polar surface area (TPSA) is 62.2 Å². The molecule has 0 aliphatic heterocycles. The second-order valence-corrected chi connectivity index (χ2v) is 6.30. The Morgan fingerprint density at radius 1 is 1.21 bits per heavy atom. The molecular formula is C20H22N2O2. The molecule has 2 N–H and O–H groups in total. The monoisotopic (exact) mass is 322 g/mol. The van der Waals surface area contributed by atoms with Gasteiger partial charge in [-0.2, -0.15) is 0 Å². The van der Waals surface area contributed by atoms with Crippen LogP contribution in [0.15, 0.2) is 60.9 Å². The average Bonchev–Trinajstić information content (AvgIpc) is 2.58. The molecule has 1 aromatic carbocycles. The van der Waals surface area contributed by atoms with Crippen LogP contribution in [0.25, 0.3) is 6.08 Å². The van der Waals surface area contributed by atoms with Gasteiger partial charge in [0.2, 0.25) is 5.91 Å². The van der Waals surface area contributed by atoms with Crippen molar-refractivity contribution >= 4 is 12.0 Å². The highest BCUT2D eigenvalue weighted by molar-refractivity contribution is 5.91. The van der Waals surface area contributed by atoms with Crippen molar-refractivity contribution in [2.75, 3.05) is 0 Å². The third-order valence-electron chi connectivity index (χ3n) is 4.48. The summed E-state index contributed by atoms with van der Waals surface area (Å²) >= 11 is 0. The van der Waals surface area contributed by atoms with Gasteiger partial charge in [-0.25, -0.2) is 0 Å². The van der Waals surface area contributed by atoms with Crippen molar-refractivity contribution in [1.29, 1.82) is 0 Å². The molecule has 4 nitrogen and oxygen atoms in total. The number of amides is 1. The molecule has 1 aliphatic carbocycles. The molecule has 1 fully saturated rings. The van der Waals surface area contributed by atoms with E-state index in [-0.39, 0.29) is 18.1 Å². The Balaban J connectivity index is 1.62. The number of aromatic nitrogens is 1. The van der Waals surface area contributed by atoms with Gasteiger partial charge in [-0.3, -0.25) is 9.78 Å². The van der Waals surface area contributed by atoms with Gasteiger partial charge in [-0.15, -0.1) is 0 Å². The van der Waals surface area contributed by atoms with Crippen LogP contribution < -0.4 is 5.32 Å². The Hall–Kier alpha value is -2.46. The van der Waals surface area contributed by atoms with E-state index in [0.717, 1.165) is 30.4 Å². The van der Waals surface area contributed by atoms with E-state index < -0.39 is 0 Å². The minimum Gasteiger partial charge on any atom is -0.393 e. The first kappa shape index (κ1) is 16.4. The summed E-state index contributed by atoms with van der Waals surface area (Å²) in [7, 11) is 0. The average molecular weight is 322 g/mol. The van der Waals surface area contributed by atoms with Gasteiger partial charge in [0.15, 0.2) is 0 Å². The number of carbonyl (C=O) groups is 1. The van der Waals surface area contributed by atoms with Crippen molar-refractivity contribution in [1.82, 2.24) is 10.3 Å². The largest absolute Gasteiger partial charge is 0.393 e. The van der Waals surface area contributed by atoms with E-state index >= 15 is 0 Å². The van der Waals surface area contributed by atoms with Gasteiger partial charge in [-0.05, 0) is 54.5 Å². The summed E-state index contributed by atoms with van der Waals surface area (Å²) in [5.74, 6) is 0.224. The first-order valence-electron chi connectivity index (χ1n) is 8.31. The molecule has 4 heteroatoms. The van der Waals surface area contributed by atoms with Crippen LogP contribution in [0.1, 0.15) is 24.0 Å². The summed E-state index contributed by atoms with van der Waals surface area (Å²) in [4.78, 5) is 16.3. The summed E-state index contributed by atoms with van der Waals surface area (Å²) in [5.41, 5.74) is 2.14. The summed E-state index contributed by atoms with van der Waals surface area (Å²) in [5, 5.41) is 12.7. The molecule has 2 aromatic rings. The van der Waals surface area contributed by atoms with E-state index in [0.29, 0.717) is 5.92 Å². The summed E-state index contributed by atoms with van der Waals surface area (Å²) in [6.07, 6.45) is 8.94. The number of benzene rings is 1. The Morgan fingerprint density at radius 2 is 1.92 bits per heavy atom. The van der Waals surface area contributed by atoms with Gasteiger partial charge >= 0.3 is 0 Å². The van der Waals surface area contributed by atoms with Crippen LogP contribution in [0.4, 0.5) is 0 Å². The lowest BCUT2D eigenvalue weighted by Gasteiger charge is -2.38. The van der Waals surface area contributed by atoms with Gasteiger partial charge < -0.3 is 10.4 Å². The molecule has 124 valence electrons. The number of rotatable bonds is 6. The van der Waals surface area contributed by atoms with Crippen LogP contribution in [0, 0.1) is 5.92 Å². The lowest BCUT2D eigenvalue weighted by Crippen LogP contribution is -2.47. The van der Waals surface area contributed by atoms with Crippen molar-refractivity contribution in [2.45, 2.75) is 31.4 Å². The molecule has 0 unspecified atom stereocenters. The highest BCUT2D eigenvalue weighted by Crippen LogP contribution is 2.31. The Labute approximate surface area is 142 Å². The quantitative estimate of drug-likeness (QED) is 0.804. The molecule has 0 radical (unpaired) electrons. The first-order chi connectivity index (χ1) is 11.7. The van der Waals surface area contributed by atoms with Crippen molar-refractivity contribution < 1.29 is 9.90 Å². The zero-order chi connectivity index (χ0) is 16.8. The lowest BCUT2D eigenvalue weighted by atomic mass is 9.75. The normalized spacial score (nSPS) is 21.2. The first-order valence-corrected chi connectivity index (χ1v) is 8.31. The second kappa shape index (κ2) is 7.88. The number of aliphatic hydroxyl groups excluding tert-OH is 1. The van der Waals surface area contributed by atoms with Crippen molar-refractivity contribution in [3.8, 4) is 0 Å². The molecule has 0 spiro atoms. The number of carbonyl (C=O) groups excluding carboxylic acids is 1. The van der Waals surface area contributed by atoms with Crippen molar-refractivity contribution in [3.63, 3.8) is 0 Å². The molecule has 1 saturated carbocycles. The molecule has 3 rings (SSSR count). The van der Waals surface area contributed by atoms with Crippen LogP contribution >= 0.6 is 0 Å². The van der Waals surface area contributed by atoms with Gasteiger partial charge in [-0.1, -0.05) is 30.3 Å². The summed E-state index contributed by atoms with van der Waals surface area (Å²) in [6.45, 7) is 0. The Morgan fingerprint density at radius 3 is 2.58 bits per heavy atom. The number of hydrogen-bond donors (Lipinski definition) is 2. The van der Waals surface area contributed by atoms with Crippen LogP contribution in [0.3, 0.4) is 0 Å². The van der Waals surface area contributed by atoms with Crippen LogP contribution in [0.5, 0.6) is 0 Å². The van der Waals surface area contributed by atoms with E-state index in [4.69, 9.17) is 0 Å². The predicted molar refractivity (Wildman–Crippen MR) is 94.1 cm³/mol. The predicted octanol–water partition coefficient (Wildman–Crippen LogP) is 2.59. The zero-order valence-corrected chi connectivity index (χ0v) is 13.5. The molecule has 0 saturated heterocycles. The molecule has 1 amide bonds. The number of nitrogens with zero attached hydrogens (tertiary/aromatic N) is 1. The van der Waals surface area contributed by atoms with E-state index in [1.165, 1.54) is 0 Å². The molecular weight excluding hydrogens is 300 g/mol. The van der Waals surface area contributed by atoms with E-state index in [2.05, 4.69) is 10.3 Å². The molecule has 1 aromatic heterocycles. The van der Waals surface area contributed by atoms with Gasteiger partial charge in [0, 0.05) is 24.5 Å². The molecule has 1 heterocycles. The molecule has 0 bridgehead atoms. The maximum Gasteiger partial charge on any atom is 0.244 e. The maximum atomic E-state index is 12.3. The fourth-order valence-electron chi connectivity index (χ4n) is 3.03. The number of hydrogen-bond acceptors (Lipinski definition) is 3. The van der Waals surface area contributed by atoms with Gasteiger partial charge in [0.1, 0.15) is 0 Å². The van der Waals surface area contributed by atoms with Crippen LogP contribution in [-0.2, 0) is 11.2 Å². The number of pyridine rings is 1. The summed E-state index contributed by atoms with van der Waals surface area (Å²) < 4.78 is 0. The van der Waals surface area contributed by atoms with Crippen LogP contribution in [-0.4, -0.2) is 28.1 Å². The fourth-order valence-corrected chi connectivity index (χ4v) is 3.03. The van der Waals surface area contributed by atoms with E-state index in [1.54, 1.807) is 18.5 Å². The minimum atomic E-state index is -0.230. The fraction of sp³-hybridized carbons (Fsp3) is 0.300. The van der Waals surface area contributed by atoms with E-state index in [9.17, 15) is 9.90 Å². The highest BCUT2D eigenvalue weighted by Gasteiger charge is 2.34. The maximum absolute atomic E-state index is 12.3. The third kappa shape index (κ3) is 4.52. The van der Waals surface area contributed by atoms with Crippen molar-refractivity contribution in [2.24, 2.45) is 5.92 Å².